The number of rotatable bonds is 6. The molecule has 8 heteroatoms. The van der Waals surface area contributed by atoms with Gasteiger partial charge < -0.3 is 10.6 Å². The first-order valence-electron chi connectivity index (χ1n) is 7.53. The van der Waals surface area contributed by atoms with E-state index in [9.17, 15) is 8.42 Å². The molecular weight excluding hydrogens is 427 g/mol. The predicted octanol–water partition coefficient (Wildman–Crippen LogP) is 1.68. The van der Waals surface area contributed by atoms with Crippen LogP contribution < -0.4 is 15.4 Å². The van der Waals surface area contributed by atoms with E-state index in [1.807, 2.05) is 6.92 Å². The normalized spacial score (nSPS) is 20.6. The largest absolute Gasteiger partial charge is 0.357 e. The monoisotopic (exact) mass is 452 g/mol. The van der Waals surface area contributed by atoms with Crippen molar-refractivity contribution >= 4 is 40.0 Å². The fraction of sp³-hybridized carbons (Fsp3) is 0.533. The first-order valence-corrected chi connectivity index (χ1v) is 9.02. The van der Waals surface area contributed by atoms with Crippen LogP contribution in [0.3, 0.4) is 0 Å². The second-order valence-electron chi connectivity index (χ2n) is 5.51. The summed E-state index contributed by atoms with van der Waals surface area (Å²) in [4.78, 5) is 4.80. The molecule has 0 bridgehead atoms. The minimum absolute atomic E-state index is 0. The fourth-order valence-corrected chi connectivity index (χ4v) is 2.81. The first-order chi connectivity index (χ1) is 10.5. The predicted molar refractivity (Wildman–Crippen MR) is 104 cm³/mol. The molecule has 1 aliphatic carbocycles. The van der Waals surface area contributed by atoms with Gasteiger partial charge in [0.05, 0.1) is 11.4 Å². The lowest BCUT2D eigenvalue weighted by Crippen LogP contribution is -2.39. The van der Waals surface area contributed by atoms with Crippen molar-refractivity contribution in [2.24, 2.45) is 10.9 Å². The zero-order valence-electron chi connectivity index (χ0n) is 13.7. The van der Waals surface area contributed by atoms with E-state index in [1.165, 1.54) is 13.5 Å². The summed E-state index contributed by atoms with van der Waals surface area (Å²) < 4.78 is 25.6. The Balaban J connectivity index is 0.00000264. The van der Waals surface area contributed by atoms with Crippen LogP contribution in [-0.4, -0.2) is 34.0 Å². The third kappa shape index (κ3) is 5.92. The van der Waals surface area contributed by atoms with E-state index in [4.69, 9.17) is 0 Å². The Hall–Kier alpha value is -0.870. The Morgan fingerprint density at radius 3 is 2.39 bits per heavy atom. The van der Waals surface area contributed by atoms with Gasteiger partial charge in [0.2, 0.25) is 10.0 Å². The molecule has 0 saturated heterocycles. The zero-order chi connectivity index (χ0) is 16.2. The van der Waals surface area contributed by atoms with Gasteiger partial charge in [0, 0.05) is 12.6 Å². The average Bonchev–Trinajstić information content (AvgIpc) is 3.20. The van der Waals surface area contributed by atoms with Crippen molar-refractivity contribution in [1.29, 1.82) is 0 Å². The van der Waals surface area contributed by atoms with Gasteiger partial charge in [-0.2, -0.15) is 0 Å². The van der Waals surface area contributed by atoms with Gasteiger partial charge in [-0.3, -0.25) is 0 Å². The van der Waals surface area contributed by atoms with Crippen LogP contribution in [0.4, 0.5) is 0 Å². The molecule has 130 valence electrons. The number of benzene rings is 1. The van der Waals surface area contributed by atoms with Crippen LogP contribution in [-0.2, 0) is 16.6 Å². The molecule has 0 aliphatic heterocycles. The molecular formula is C15H25IN4O2S. The molecule has 2 atom stereocenters. The smallest absolute Gasteiger partial charge is 0.240 e. The van der Waals surface area contributed by atoms with Crippen molar-refractivity contribution in [3.63, 3.8) is 0 Å². The molecule has 6 nitrogen and oxygen atoms in total. The number of aliphatic imine (C=N–C) groups is 1. The van der Waals surface area contributed by atoms with E-state index in [2.05, 4.69) is 27.3 Å². The van der Waals surface area contributed by atoms with Crippen LogP contribution in [0.2, 0.25) is 0 Å². The Morgan fingerprint density at radius 2 is 1.91 bits per heavy atom. The van der Waals surface area contributed by atoms with Gasteiger partial charge in [0.1, 0.15) is 0 Å². The molecule has 0 spiro atoms. The molecule has 0 aromatic heterocycles. The van der Waals surface area contributed by atoms with Gasteiger partial charge in [-0.25, -0.2) is 18.1 Å². The Morgan fingerprint density at radius 1 is 1.30 bits per heavy atom. The quantitative estimate of drug-likeness (QED) is 0.349. The van der Waals surface area contributed by atoms with Crippen LogP contribution in [0.5, 0.6) is 0 Å². The molecule has 1 fully saturated rings. The molecule has 2 rings (SSSR count). The number of sulfonamides is 1. The topological polar surface area (TPSA) is 82.6 Å². The maximum Gasteiger partial charge on any atom is 0.240 e. The summed E-state index contributed by atoms with van der Waals surface area (Å²) in [5.41, 5.74) is 0.969. The third-order valence-corrected chi connectivity index (χ3v) is 5.13. The van der Waals surface area contributed by atoms with Crippen LogP contribution in [0.15, 0.2) is 34.2 Å². The zero-order valence-corrected chi connectivity index (χ0v) is 16.8. The minimum Gasteiger partial charge on any atom is -0.357 e. The van der Waals surface area contributed by atoms with Crippen LogP contribution in [0, 0.1) is 5.92 Å². The van der Waals surface area contributed by atoms with Crippen LogP contribution >= 0.6 is 24.0 Å². The maximum atomic E-state index is 11.7. The third-order valence-electron chi connectivity index (χ3n) is 3.70. The standard InChI is InChI=1S/C15H24N4O2S.HI/c1-4-17-15(19-14-9-11(14)2)18-10-12-5-7-13(8-6-12)22(20,21)16-3;/h5-8,11,14,16H,4,9-10H2,1-3H3,(H2,17,18,19);1H. The lowest BCUT2D eigenvalue weighted by atomic mass is 10.2. The number of guanidine groups is 1. The molecule has 0 heterocycles. The molecule has 1 aliphatic rings. The highest BCUT2D eigenvalue weighted by Crippen LogP contribution is 2.28. The van der Waals surface area contributed by atoms with Crippen LogP contribution in [0.25, 0.3) is 0 Å². The van der Waals surface area contributed by atoms with Gasteiger partial charge in [0.25, 0.3) is 0 Å². The lowest BCUT2D eigenvalue weighted by Gasteiger charge is -2.10. The summed E-state index contributed by atoms with van der Waals surface area (Å²) in [6.07, 6.45) is 1.18. The summed E-state index contributed by atoms with van der Waals surface area (Å²) in [6, 6.07) is 7.29. The van der Waals surface area contributed by atoms with E-state index in [0.29, 0.717) is 18.5 Å². The van der Waals surface area contributed by atoms with E-state index in [0.717, 1.165) is 18.1 Å². The summed E-state index contributed by atoms with van der Waals surface area (Å²) in [7, 11) is -1.98. The Labute approximate surface area is 155 Å². The number of nitrogens with zero attached hydrogens (tertiary/aromatic N) is 1. The van der Waals surface area contributed by atoms with Gasteiger partial charge in [-0.05, 0) is 44.0 Å². The molecule has 2 unspecified atom stereocenters. The number of nitrogens with one attached hydrogen (secondary N) is 3. The Kier molecular flexibility index (Phi) is 7.75. The maximum absolute atomic E-state index is 11.7. The average molecular weight is 452 g/mol. The van der Waals surface area contributed by atoms with Gasteiger partial charge >= 0.3 is 0 Å². The van der Waals surface area contributed by atoms with Crippen molar-refractivity contribution in [2.45, 2.75) is 37.8 Å². The van der Waals surface area contributed by atoms with Gasteiger partial charge in [0.15, 0.2) is 5.96 Å². The van der Waals surface area contributed by atoms with E-state index >= 15 is 0 Å². The number of hydrogen-bond donors (Lipinski definition) is 3. The molecule has 23 heavy (non-hydrogen) atoms. The van der Waals surface area contributed by atoms with E-state index in [-0.39, 0.29) is 28.9 Å². The summed E-state index contributed by atoms with van der Waals surface area (Å²) in [5, 5.41) is 6.61. The molecule has 1 aromatic rings. The fourth-order valence-electron chi connectivity index (χ4n) is 2.08. The molecule has 3 N–H and O–H groups in total. The highest BCUT2D eigenvalue weighted by molar-refractivity contribution is 14.0. The highest BCUT2D eigenvalue weighted by atomic mass is 127. The van der Waals surface area contributed by atoms with Crippen molar-refractivity contribution in [3.05, 3.63) is 29.8 Å². The summed E-state index contributed by atoms with van der Waals surface area (Å²) in [5.74, 6) is 1.51. The van der Waals surface area contributed by atoms with Crippen molar-refractivity contribution in [2.75, 3.05) is 13.6 Å². The SMILES string of the molecule is CCNC(=NCc1ccc(S(=O)(=O)NC)cc1)NC1CC1C.I. The van der Waals surface area contributed by atoms with Gasteiger partial charge in [-0.1, -0.05) is 19.1 Å². The second-order valence-corrected chi connectivity index (χ2v) is 7.40. The second kappa shape index (κ2) is 8.84. The van der Waals surface area contributed by atoms with E-state index < -0.39 is 10.0 Å². The lowest BCUT2D eigenvalue weighted by molar-refractivity contribution is 0.588. The van der Waals surface area contributed by atoms with Gasteiger partial charge in [-0.15, -0.1) is 24.0 Å². The summed E-state index contributed by atoms with van der Waals surface area (Å²) >= 11 is 0. The highest BCUT2D eigenvalue weighted by Gasteiger charge is 2.33. The minimum atomic E-state index is -3.38. The van der Waals surface area contributed by atoms with Crippen molar-refractivity contribution in [1.82, 2.24) is 15.4 Å². The number of hydrogen-bond acceptors (Lipinski definition) is 3. The molecule has 0 radical (unpaired) electrons. The van der Waals surface area contributed by atoms with Crippen LogP contribution in [0.1, 0.15) is 25.8 Å². The van der Waals surface area contributed by atoms with E-state index in [1.54, 1.807) is 24.3 Å². The summed E-state index contributed by atoms with van der Waals surface area (Å²) in [6.45, 7) is 5.57. The molecule has 1 saturated carbocycles. The molecule has 1 aromatic carbocycles. The van der Waals surface area contributed by atoms with Crippen molar-refractivity contribution < 1.29 is 8.42 Å². The Bertz CT molecular complexity index is 631. The first kappa shape index (κ1) is 20.2. The van der Waals surface area contributed by atoms with Crippen molar-refractivity contribution in [3.8, 4) is 0 Å². The molecule has 0 amide bonds. The number of halogens is 1.